The summed E-state index contributed by atoms with van der Waals surface area (Å²) in [6.45, 7) is 0. The summed E-state index contributed by atoms with van der Waals surface area (Å²) in [5, 5.41) is 0.672. The lowest BCUT2D eigenvalue weighted by Crippen LogP contribution is -1.93. The molecule has 2 nitrogen and oxygen atoms in total. The first-order valence-electron chi connectivity index (χ1n) is 4.79. The predicted molar refractivity (Wildman–Crippen MR) is 70.0 cm³/mol. The second kappa shape index (κ2) is 5.22. The van der Waals surface area contributed by atoms with Crippen LogP contribution in [0.15, 0.2) is 24.4 Å². The summed E-state index contributed by atoms with van der Waals surface area (Å²) in [7, 11) is 0. The van der Waals surface area contributed by atoms with Crippen LogP contribution in [-0.2, 0) is 0 Å². The number of halogens is 4. The molecular formula is C12H5Cl3FNO. The van der Waals surface area contributed by atoms with Gasteiger partial charge in [0.25, 0.3) is 0 Å². The van der Waals surface area contributed by atoms with Gasteiger partial charge in [-0.05, 0) is 6.07 Å². The van der Waals surface area contributed by atoms with Crippen LogP contribution in [0.25, 0.3) is 11.1 Å². The standard InChI is InChI=1S/C12H5Cl3FNO/c13-9-2-1-7(11(14)12(9)15)8-4-17-10(16)3-6(8)5-18/h1-5H. The molecule has 6 heteroatoms. The van der Waals surface area contributed by atoms with E-state index in [1.54, 1.807) is 12.1 Å². The quantitative estimate of drug-likeness (QED) is 0.459. The zero-order chi connectivity index (χ0) is 13.3. The molecule has 0 atom stereocenters. The number of carbonyl (C=O) groups excluding carboxylic acids is 1. The molecule has 92 valence electrons. The van der Waals surface area contributed by atoms with Gasteiger partial charge in [0.1, 0.15) is 0 Å². The van der Waals surface area contributed by atoms with Crippen molar-refractivity contribution in [1.82, 2.24) is 4.98 Å². The van der Waals surface area contributed by atoms with Crippen LogP contribution in [0.5, 0.6) is 0 Å². The van der Waals surface area contributed by atoms with Gasteiger partial charge in [0.05, 0.1) is 15.1 Å². The summed E-state index contributed by atoms with van der Waals surface area (Å²) < 4.78 is 12.9. The van der Waals surface area contributed by atoms with Crippen molar-refractivity contribution in [3.8, 4) is 11.1 Å². The molecular weight excluding hydrogens is 299 g/mol. The van der Waals surface area contributed by atoms with Crippen LogP contribution in [0.2, 0.25) is 15.1 Å². The molecule has 0 N–H and O–H groups in total. The van der Waals surface area contributed by atoms with E-state index >= 15 is 0 Å². The van der Waals surface area contributed by atoms with E-state index in [-0.39, 0.29) is 15.6 Å². The molecule has 1 aromatic carbocycles. The SMILES string of the molecule is O=Cc1cc(F)ncc1-c1ccc(Cl)c(Cl)c1Cl. The average molecular weight is 305 g/mol. The molecule has 0 aliphatic rings. The molecule has 1 aromatic heterocycles. The molecule has 0 saturated carbocycles. The normalized spacial score (nSPS) is 10.4. The van der Waals surface area contributed by atoms with E-state index in [2.05, 4.69) is 4.98 Å². The average Bonchev–Trinajstić information content (AvgIpc) is 2.37. The van der Waals surface area contributed by atoms with Gasteiger partial charge in [0.2, 0.25) is 5.95 Å². The van der Waals surface area contributed by atoms with Crippen LogP contribution in [0.1, 0.15) is 10.4 Å². The van der Waals surface area contributed by atoms with Crippen molar-refractivity contribution in [1.29, 1.82) is 0 Å². The summed E-state index contributed by atoms with van der Waals surface area (Å²) in [5.41, 5.74) is 1.01. The first kappa shape index (κ1) is 13.3. The van der Waals surface area contributed by atoms with Crippen LogP contribution in [0, 0.1) is 5.95 Å². The van der Waals surface area contributed by atoms with Gasteiger partial charge >= 0.3 is 0 Å². The highest BCUT2D eigenvalue weighted by Crippen LogP contribution is 2.38. The molecule has 0 fully saturated rings. The second-order valence-corrected chi connectivity index (χ2v) is 4.60. The van der Waals surface area contributed by atoms with Crippen molar-refractivity contribution in [3.05, 3.63) is 51.0 Å². The minimum Gasteiger partial charge on any atom is -0.298 e. The third-order valence-corrected chi connectivity index (χ3v) is 3.65. The smallest absolute Gasteiger partial charge is 0.213 e. The van der Waals surface area contributed by atoms with Crippen LogP contribution in [0.4, 0.5) is 4.39 Å². The van der Waals surface area contributed by atoms with Gasteiger partial charge in [-0.25, -0.2) is 4.98 Å². The van der Waals surface area contributed by atoms with E-state index in [9.17, 15) is 9.18 Å². The highest BCUT2D eigenvalue weighted by molar-refractivity contribution is 6.49. The number of hydrogen-bond acceptors (Lipinski definition) is 2. The maximum absolute atomic E-state index is 12.9. The first-order valence-corrected chi connectivity index (χ1v) is 5.92. The van der Waals surface area contributed by atoms with Crippen molar-refractivity contribution >= 4 is 41.1 Å². The minimum absolute atomic E-state index is 0.141. The maximum atomic E-state index is 12.9. The molecule has 0 saturated heterocycles. The molecule has 0 radical (unpaired) electrons. The number of aldehydes is 1. The van der Waals surface area contributed by atoms with Gasteiger partial charge in [0, 0.05) is 29.0 Å². The number of rotatable bonds is 2. The highest BCUT2D eigenvalue weighted by Gasteiger charge is 2.14. The van der Waals surface area contributed by atoms with E-state index in [1.165, 1.54) is 6.20 Å². The Morgan fingerprint density at radius 3 is 2.50 bits per heavy atom. The summed E-state index contributed by atoms with van der Waals surface area (Å²) in [6, 6.07) is 4.17. The lowest BCUT2D eigenvalue weighted by atomic mass is 10.0. The van der Waals surface area contributed by atoms with E-state index in [0.717, 1.165) is 6.07 Å². The number of pyridine rings is 1. The lowest BCUT2D eigenvalue weighted by molar-refractivity contribution is 0.112. The Bertz CT molecular complexity index is 631. The second-order valence-electron chi connectivity index (χ2n) is 3.44. The fourth-order valence-corrected chi connectivity index (χ4v) is 2.14. The van der Waals surface area contributed by atoms with E-state index in [1.807, 2.05) is 0 Å². The summed E-state index contributed by atoms with van der Waals surface area (Å²) in [5.74, 6) is -0.739. The zero-order valence-electron chi connectivity index (χ0n) is 8.75. The Morgan fingerprint density at radius 1 is 1.11 bits per heavy atom. The fourth-order valence-electron chi connectivity index (χ4n) is 1.50. The number of nitrogens with zero attached hydrogens (tertiary/aromatic N) is 1. The molecule has 0 amide bonds. The summed E-state index contributed by atoms with van der Waals surface area (Å²) in [6.07, 6.45) is 1.75. The Kier molecular flexibility index (Phi) is 3.85. The molecule has 2 rings (SSSR count). The molecule has 0 spiro atoms. The zero-order valence-corrected chi connectivity index (χ0v) is 11.0. The van der Waals surface area contributed by atoms with E-state index < -0.39 is 5.95 Å². The Hall–Kier alpha value is -1.16. The van der Waals surface area contributed by atoms with Crippen molar-refractivity contribution in [3.63, 3.8) is 0 Å². The number of hydrogen-bond donors (Lipinski definition) is 0. The minimum atomic E-state index is -0.739. The molecule has 0 unspecified atom stereocenters. The van der Waals surface area contributed by atoms with Crippen molar-refractivity contribution < 1.29 is 9.18 Å². The summed E-state index contributed by atoms with van der Waals surface area (Å²) in [4.78, 5) is 14.4. The maximum Gasteiger partial charge on any atom is 0.213 e. The van der Waals surface area contributed by atoms with Gasteiger partial charge in [-0.15, -0.1) is 0 Å². The predicted octanol–water partition coefficient (Wildman–Crippen LogP) is 4.66. The first-order chi connectivity index (χ1) is 8.54. The molecule has 0 aliphatic carbocycles. The Morgan fingerprint density at radius 2 is 1.83 bits per heavy atom. The summed E-state index contributed by atoms with van der Waals surface area (Å²) >= 11 is 17.8. The van der Waals surface area contributed by atoms with Crippen LogP contribution >= 0.6 is 34.8 Å². The third kappa shape index (κ3) is 2.34. The highest BCUT2D eigenvalue weighted by atomic mass is 35.5. The number of aromatic nitrogens is 1. The largest absolute Gasteiger partial charge is 0.298 e. The van der Waals surface area contributed by atoms with Crippen LogP contribution in [-0.4, -0.2) is 11.3 Å². The van der Waals surface area contributed by atoms with Crippen molar-refractivity contribution in [2.45, 2.75) is 0 Å². The van der Waals surface area contributed by atoms with Gasteiger partial charge in [-0.2, -0.15) is 4.39 Å². The molecule has 0 bridgehead atoms. The monoisotopic (exact) mass is 303 g/mol. The molecule has 0 aliphatic heterocycles. The fraction of sp³-hybridized carbons (Fsp3) is 0. The topological polar surface area (TPSA) is 30.0 Å². The Balaban J connectivity index is 2.69. The lowest BCUT2D eigenvalue weighted by Gasteiger charge is -2.09. The van der Waals surface area contributed by atoms with Crippen molar-refractivity contribution in [2.24, 2.45) is 0 Å². The number of carbonyl (C=O) groups is 1. The van der Waals surface area contributed by atoms with Gasteiger partial charge < -0.3 is 0 Å². The van der Waals surface area contributed by atoms with Gasteiger partial charge in [-0.3, -0.25) is 4.79 Å². The number of benzene rings is 1. The Labute approximate surface area is 117 Å². The van der Waals surface area contributed by atoms with Gasteiger partial charge in [0.15, 0.2) is 6.29 Å². The molecule has 2 aromatic rings. The third-order valence-electron chi connectivity index (χ3n) is 2.35. The molecule has 1 heterocycles. The van der Waals surface area contributed by atoms with Gasteiger partial charge in [-0.1, -0.05) is 40.9 Å². The van der Waals surface area contributed by atoms with E-state index in [0.29, 0.717) is 22.4 Å². The van der Waals surface area contributed by atoms with E-state index in [4.69, 9.17) is 34.8 Å². The van der Waals surface area contributed by atoms with Crippen LogP contribution in [0.3, 0.4) is 0 Å². The molecule has 18 heavy (non-hydrogen) atoms. The van der Waals surface area contributed by atoms with Crippen LogP contribution < -0.4 is 0 Å². The van der Waals surface area contributed by atoms with Crippen molar-refractivity contribution in [2.75, 3.05) is 0 Å².